The molecule has 0 atom stereocenters. The van der Waals surface area contributed by atoms with E-state index < -0.39 is 0 Å². The molecular formula is C23H22N2O2S. The van der Waals surface area contributed by atoms with Crippen molar-refractivity contribution >= 4 is 38.2 Å². The van der Waals surface area contributed by atoms with Crippen LogP contribution in [-0.2, 0) is 11.2 Å². The molecule has 1 heterocycles. The van der Waals surface area contributed by atoms with E-state index in [1.54, 1.807) is 11.3 Å². The number of aryl methyl sites for hydroxylation is 1. The Morgan fingerprint density at radius 2 is 1.82 bits per heavy atom. The molecule has 1 N–H and O–H groups in total. The molecule has 0 saturated heterocycles. The highest BCUT2D eigenvalue weighted by Gasteiger charge is 2.06. The molecule has 0 aliphatic heterocycles. The summed E-state index contributed by atoms with van der Waals surface area (Å²) in [5, 5.41) is 6.36. The molecule has 142 valence electrons. The number of thiazole rings is 1. The second kappa shape index (κ2) is 8.85. The Morgan fingerprint density at radius 3 is 2.71 bits per heavy atom. The van der Waals surface area contributed by atoms with Gasteiger partial charge in [0.05, 0.1) is 21.8 Å². The molecule has 0 fully saturated rings. The fourth-order valence-electron chi connectivity index (χ4n) is 3.13. The van der Waals surface area contributed by atoms with Crippen molar-refractivity contribution in [2.24, 2.45) is 0 Å². The van der Waals surface area contributed by atoms with Crippen LogP contribution in [0.25, 0.3) is 21.0 Å². The van der Waals surface area contributed by atoms with Gasteiger partial charge < -0.3 is 10.1 Å². The van der Waals surface area contributed by atoms with Crippen molar-refractivity contribution in [3.8, 4) is 5.75 Å². The topological polar surface area (TPSA) is 51.2 Å². The summed E-state index contributed by atoms with van der Waals surface area (Å²) in [5.41, 5.74) is 1.04. The summed E-state index contributed by atoms with van der Waals surface area (Å²) >= 11 is 1.71. The van der Waals surface area contributed by atoms with E-state index in [1.807, 2.05) is 48.5 Å². The Morgan fingerprint density at radius 1 is 1.00 bits per heavy atom. The molecule has 3 aromatic carbocycles. The molecule has 0 aliphatic carbocycles. The Bertz CT molecular complexity index is 1060. The average molecular weight is 391 g/mol. The first kappa shape index (κ1) is 18.4. The summed E-state index contributed by atoms with van der Waals surface area (Å²) < 4.78 is 6.95. The highest BCUT2D eigenvalue weighted by molar-refractivity contribution is 7.18. The van der Waals surface area contributed by atoms with Crippen LogP contribution in [-0.4, -0.2) is 24.0 Å². The molecule has 0 aliphatic rings. The molecule has 0 spiro atoms. The lowest BCUT2D eigenvalue weighted by molar-refractivity contribution is -0.121. The summed E-state index contributed by atoms with van der Waals surface area (Å²) in [6.45, 7) is 0.967. The lowest BCUT2D eigenvalue weighted by atomic mass is 10.1. The van der Waals surface area contributed by atoms with Gasteiger partial charge in [0.2, 0.25) is 5.91 Å². The number of hydrogen-bond donors (Lipinski definition) is 1. The zero-order chi connectivity index (χ0) is 19.2. The zero-order valence-electron chi connectivity index (χ0n) is 15.6. The first-order valence-electron chi connectivity index (χ1n) is 9.51. The Labute approximate surface area is 168 Å². The van der Waals surface area contributed by atoms with Crippen molar-refractivity contribution < 1.29 is 9.53 Å². The van der Waals surface area contributed by atoms with Gasteiger partial charge in [-0.2, -0.15) is 0 Å². The van der Waals surface area contributed by atoms with Crippen LogP contribution in [0, 0.1) is 0 Å². The van der Waals surface area contributed by atoms with E-state index in [9.17, 15) is 4.79 Å². The van der Waals surface area contributed by atoms with Crippen molar-refractivity contribution in [1.82, 2.24) is 10.3 Å². The summed E-state index contributed by atoms with van der Waals surface area (Å²) in [5.74, 6) is 0.881. The first-order valence-corrected chi connectivity index (χ1v) is 10.3. The Hall–Kier alpha value is -2.92. The van der Waals surface area contributed by atoms with Crippen LogP contribution in [0.2, 0.25) is 0 Å². The predicted octanol–water partition coefficient (Wildman–Crippen LogP) is 4.97. The van der Waals surface area contributed by atoms with Gasteiger partial charge in [-0.05, 0) is 47.9 Å². The maximum atomic E-state index is 12.0. The number of amides is 1. The third-order valence-corrected chi connectivity index (χ3v) is 5.64. The van der Waals surface area contributed by atoms with Crippen LogP contribution in [0.5, 0.6) is 5.75 Å². The summed E-state index contributed by atoms with van der Waals surface area (Å²) in [6, 6.07) is 22.3. The Balaban J connectivity index is 1.16. The van der Waals surface area contributed by atoms with Crippen molar-refractivity contribution in [3.63, 3.8) is 0 Å². The number of nitrogens with zero attached hydrogens (tertiary/aromatic N) is 1. The molecule has 4 aromatic rings. The third-order valence-electron chi connectivity index (χ3n) is 4.55. The molecule has 0 saturated carbocycles. The van der Waals surface area contributed by atoms with Gasteiger partial charge in [0.15, 0.2) is 0 Å². The lowest BCUT2D eigenvalue weighted by Gasteiger charge is -2.08. The molecule has 0 radical (unpaired) electrons. The smallest absolute Gasteiger partial charge is 0.220 e. The molecular weight excluding hydrogens is 368 g/mol. The van der Waals surface area contributed by atoms with Crippen LogP contribution < -0.4 is 10.1 Å². The highest BCUT2D eigenvalue weighted by atomic mass is 32.1. The van der Waals surface area contributed by atoms with E-state index in [1.165, 1.54) is 10.1 Å². The fraction of sp³-hybridized carbons (Fsp3) is 0.217. The highest BCUT2D eigenvalue weighted by Crippen LogP contribution is 2.23. The summed E-state index contributed by atoms with van der Waals surface area (Å²) in [7, 11) is 0. The molecule has 4 rings (SSSR count). The maximum Gasteiger partial charge on any atom is 0.220 e. The zero-order valence-corrected chi connectivity index (χ0v) is 16.4. The number of para-hydroxylation sites is 1. The third kappa shape index (κ3) is 4.67. The van der Waals surface area contributed by atoms with Gasteiger partial charge in [-0.3, -0.25) is 4.79 Å². The molecule has 0 unspecified atom stereocenters. The number of rotatable bonds is 8. The van der Waals surface area contributed by atoms with Crippen LogP contribution in [0.3, 0.4) is 0 Å². The quantitative estimate of drug-likeness (QED) is 0.432. The number of carbonyl (C=O) groups excluding carboxylic acids is 1. The minimum atomic E-state index is 0.0585. The minimum Gasteiger partial charge on any atom is -0.492 e. The van der Waals surface area contributed by atoms with Crippen molar-refractivity contribution in [2.45, 2.75) is 19.3 Å². The van der Waals surface area contributed by atoms with Gasteiger partial charge in [-0.15, -0.1) is 11.3 Å². The second-order valence-corrected chi connectivity index (χ2v) is 7.75. The number of carbonyl (C=O) groups is 1. The molecule has 28 heavy (non-hydrogen) atoms. The SMILES string of the molecule is O=C(CCCc1nc2ccccc2s1)NCCOc1ccc2ccccc2c1. The van der Waals surface area contributed by atoms with Gasteiger partial charge >= 0.3 is 0 Å². The van der Waals surface area contributed by atoms with Crippen molar-refractivity contribution in [2.75, 3.05) is 13.2 Å². The first-order chi connectivity index (χ1) is 13.8. The average Bonchev–Trinajstić information content (AvgIpc) is 3.14. The number of benzene rings is 3. The van der Waals surface area contributed by atoms with E-state index in [0.717, 1.165) is 34.5 Å². The summed E-state index contributed by atoms with van der Waals surface area (Å²) in [4.78, 5) is 16.6. The molecule has 1 aromatic heterocycles. The van der Waals surface area contributed by atoms with E-state index >= 15 is 0 Å². The van der Waals surface area contributed by atoms with E-state index in [-0.39, 0.29) is 5.91 Å². The standard InChI is InChI=1S/C23H22N2O2S/c26-22(10-5-11-23-25-20-8-3-4-9-21(20)28-23)24-14-15-27-19-13-12-17-6-1-2-7-18(17)16-19/h1-4,6-9,12-13,16H,5,10-11,14-15H2,(H,24,26). The number of ether oxygens (including phenoxy) is 1. The van der Waals surface area contributed by atoms with Crippen molar-refractivity contribution in [3.05, 3.63) is 71.7 Å². The normalized spacial score (nSPS) is 11.0. The fourth-order valence-corrected chi connectivity index (χ4v) is 4.14. The minimum absolute atomic E-state index is 0.0585. The van der Waals surface area contributed by atoms with Gasteiger partial charge in [0.1, 0.15) is 12.4 Å². The van der Waals surface area contributed by atoms with Crippen LogP contribution in [0.15, 0.2) is 66.7 Å². The van der Waals surface area contributed by atoms with Crippen LogP contribution in [0.1, 0.15) is 17.8 Å². The number of aromatic nitrogens is 1. The van der Waals surface area contributed by atoms with Gasteiger partial charge in [-0.1, -0.05) is 42.5 Å². The number of hydrogen-bond acceptors (Lipinski definition) is 4. The number of nitrogens with one attached hydrogen (secondary N) is 1. The van der Waals surface area contributed by atoms with Crippen LogP contribution >= 0.6 is 11.3 Å². The second-order valence-electron chi connectivity index (χ2n) is 6.64. The largest absolute Gasteiger partial charge is 0.492 e. The molecule has 0 bridgehead atoms. The molecule has 1 amide bonds. The van der Waals surface area contributed by atoms with E-state index in [0.29, 0.717) is 19.6 Å². The van der Waals surface area contributed by atoms with E-state index in [4.69, 9.17) is 4.74 Å². The van der Waals surface area contributed by atoms with Crippen molar-refractivity contribution in [1.29, 1.82) is 0 Å². The molecule has 4 nitrogen and oxygen atoms in total. The van der Waals surface area contributed by atoms with Crippen LogP contribution in [0.4, 0.5) is 0 Å². The monoisotopic (exact) mass is 390 g/mol. The van der Waals surface area contributed by atoms with Gasteiger partial charge in [-0.25, -0.2) is 4.98 Å². The predicted molar refractivity (Wildman–Crippen MR) is 115 cm³/mol. The number of fused-ring (bicyclic) bond motifs is 2. The Kier molecular flexibility index (Phi) is 5.83. The summed E-state index contributed by atoms with van der Waals surface area (Å²) in [6.07, 6.45) is 2.14. The van der Waals surface area contributed by atoms with Gasteiger partial charge in [0.25, 0.3) is 0 Å². The van der Waals surface area contributed by atoms with Gasteiger partial charge in [0, 0.05) is 6.42 Å². The van der Waals surface area contributed by atoms with E-state index in [2.05, 4.69) is 28.5 Å². The maximum absolute atomic E-state index is 12.0. The molecule has 5 heteroatoms. The lowest BCUT2D eigenvalue weighted by Crippen LogP contribution is -2.27.